The summed E-state index contributed by atoms with van der Waals surface area (Å²) < 4.78 is 5.35. The van der Waals surface area contributed by atoms with Crippen LogP contribution in [0, 0.1) is 5.92 Å². The van der Waals surface area contributed by atoms with Crippen LogP contribution in [0.2, 0.25) is 0 Å². The lowest BCUT2D eigenvalue weighted by molar-refractivity contribution is -0.0549. The molecule has 1 aromatic carbocycles. The topological polar surface area (TPSA) is 63.9 Å². The maximum Gasteiger partial charge on any atom is 0.107 e. The van der Waals surface area contributed by atoms with Gasteiger partial charge in [0.05, 0.1) is 29.7 Å². The smallest absolute Gasteiger partial charge is 0.107 e. The Morgan fingerprint density at radius 3 is 2.79 bits per heavy atom. The van der Waals surface area contributed by atoms with Crippen molar-refractivity contribution in [3.05, 3.63) is 29.6 Å². The Hall–Kier alpha value is -1.39. The van der Waals surface area contributed by atoms with Crippen LogP contribution in [0.5, 0.6) is 0 Å². The van der Waals surface area contributed by atoms with Crippen molar-refractivity contribution >= 4 is 11.0 Å². The van der Waals surface area contributed by atoms with Crippen LogP contribution in [-0.4, -0.2) is 29.7 Å². The summed E-state index contributed by atoms with van der Waals surface area (Å²) in [5.74, 6) is 1.67. The summed E-state index contributed by atoms with van der Waals surface area (Å²) in [4.78, 5) is 8.05. The Kier molecular flexibility index (Phi) is 3.07. The average molecular weight is 259 g/mol. The second kappa shape index (κ2) is 4.62. The van der Waals surface area contributed by atoms with Gasteiger partial charge in [-0.3, -0.25) is 0 Å². The van der Waals surface area contributed by atoms with Crippen molar-refractivity contribution in [1.29, 1.82) is 0 Å². The summed E-state index contributed by atoms with van der Waals surface area (Å²) in [7, 11) is 0. The number of nitrogens with one attached hydrogen (secondary N) is 1. The van der Waals surface area contributed by atoms with Gasteiger partial charge in [-0.1, -0.05) is 19.9 Å². The van der Waals surface area contributed by atoms with E-state index in [2.05, 4.69) is 42.0 Å². The zero-order valence-corrected chi connectivity index (χ0v) is 11.6. The van der Waals surface area contributed by atoms with E-state index in [0.29, 0.717) is 12.5 Å². The highest BCUT2D eigenvalue weighted by atomic mass is 16.5. The van der Waals surface area contributed by atoms with E-state index in [9.17, 15) is 0 Å². The molecule has 102 valence electrons. The molecule has 4 nitrogen and oxygen atoms in total. The Morgan fingerprint density at radius 1 is 1.42 bits per heavy atom. The number of nitrogens with zero attached hydrogens (tertiary/aromatic N) is 1. The number of fused-ring (bicyclic) bond motifs is 1. The summed E-state index contributed by atoms with van der Waals surface area (Å²) in [6, 6.07) is 6.40. The molecule has 0 spiro atoms. The van der Waals surface area contributed by atoms with Crippen LogP contribution in [0.3, 0.4) is 0 Å². The first-order valence-electron chi connectivity index (χ1n) is 6.90. The number of hydrogen-bond donors (Lipinski definition) is 2. The van der Waals surface area contributed by atoms with E-state index >= 15 is 0 Å². The quantitative estimate of drug-likeness (QED) is 0.882. The summed E-state index contributed by atoms with van der Waals surface area (Å²) in [5, 5.41) is 0. The van der Waals surface area contributed by atoms with Crippen LogP contribution in [-0.2, 0) is 16.6 Å². The van der Waals surface area contributed by atoms with Gasteiger partial charge in [-0.05, 0) is 23.6 Å². The lowest BCUT2D eigenvalue weighted by Crippen LogP contribution is -2.52. The summed E-state index contributed by atoms with van der Waals surface area (Å²) in [6.07, 6.45) is 0.981. The lowest BCUT2D eigenvalue weighted by atomic mass is 9.78. The molecule has 1 aliphatic rings. The van der Waals surface area contributed by atoms with E-state index in [1.54, 1.807) is 0 Å². The van der Waals surface area contributed by atoms with Gasteiger partial charge < -0.3 is 15.5 Å². The predicted molar refractivity (Wildman–Crippen MR) is 76.2 cm³/mol. The first-order valence-corrected chi connectivity index (χ1v) is 6.90. The summed E-state index contributed by atoms with van der Waals surface area (Å²) in [5.41, 5.74) is 9.32. The number of hydrogen-bond acceptors (Lipinski definition) is 3. The molecule has 2 heterocycles. The van der Waals surface area contributed by atoms with Gasteiger partial charge >= 0.3 is 0 Å². The van der Waals surface area contributed by atoms with E-state index in [4.69, 9.17) is 10.5 Å². The lowest BCUT2D eigenvalue weighted by Gasteiger charge is -2.41. The number of aromatic amines is 1. The number of aromatic nitrogens is 2. The zero-order chi connectivity index (χ0) is 13.5. The van der Waals surface area contributed by atoms with Gasteiger partial charge in [-0.25, -0.2) is 4.98 Å². The SMILES string of the molecule is CC(C)Cc1nc2ccc(C3(CN)COC3)cc2[nH]1. The maximum absolute atomic E-state index is 5.91. The maximum atomic E-state index is 5.91. The molecule has 0 bridgehead atoms. The van der Waals surface area contributed by atoms with Crippen LogP contribution < -0.4 is 5.73 Å². The highest BCUT2D eigenvalue weighted by Crippen LogP contribution is 2.32. The molecule has 1 saturated heterocycles. The standard InChI is InChI=1S/C15H21N3O/c1-10(2)5-14-17-12-4-3-11(6-13(12)18-14)15(7-16)8-19-9-15/h3-4,6,10H,5,7-9,16H2,1-2H3,(H,17,18). The van der Waals surface area contributed by atoms with Crippen LogP contribution in [0.1, 0.15) is 25.2 Å². The minimum Gasteiger partial charge on any atom is -0.379 e. The number of benzene rings is 1. The molecule has 2 aromatic rings. The van der Waals surface area contributed by atoms with Gasteiger partial charge in [-0.2, -0.15) is 0 Å². The number of H-pyrrole nitrogens is 1. The van der Waals surface area contributed by atoms with E-state index in [1.807, 2.05) is 0 Å². The Bertz CT molecular complexity index is 579. The van der Waals surface area contributed by atoms with Crippen molar-refractivity contribution in [3.8, 4) is 0 Å². The third kappa shape index (κ3) is 2.15. The third-order valence-electron chi connectivity index (χ3n) is 3.89. The van der Waals surface area contributed by atoms with Crippen molar-refractivity contribution in [2.45, 2.75) is 25.7 Å². The van der Waals surface area contributed by atoms with Crippen LogP contribution in [0.4, 0.5) is 0 Å². The second-order valence-electron chi connectivity index (χ2n) is 5.99. The van der Waals surface area contributed by atoms with Crippen molar-refractivity contribution in [2.24, 2.45) is 11.7 Å². The summed E-state index contributed by atoms with van der Waals surface area (Å²) in [6.45, 7) is 6.48. The second-order valence-corrected chi connectivity index (χ2v) is 5.99. The monoisotopic (exact) mass is 259 g/mol. The molecule has 3 rings (SSSR count). The van der Waals surface area contributed by atoms with E-state index in [1.165, 1.54) is 5.56 Å². The van der Waals surface area contributed by atoms with Crippen molar-refractivity contribution in [1.82, 2.24) is 9.97 Å². The molecule has 0 radical (unpaired) electrons. The van der Waals surface area contributed by atoms with E-state index in [-0.39, 0.29) is 5.41 Å². The molecule has 19 heavy (non-hydrogen) atoms. The van der Waals surface area contributed by atoms with E-state index < -0.39 is 0 Å². The molecule has 0 saturated carbocycles. The first-order chi connectivity index (χ1) is 9.13. The fourth-order valence-electron chi connectivity index (χ4n) is 2.63. The first kappa shape index (κ1) is 12.6. The molecule has 0 amide bonds. The fourth-order valence-corrected chi connectivity index (χ4v) is 2.63. The highest BCUT2D eigenvalue weighted by molar-refractivity contribution is 5.76. The van der Waals surface area contributed by atoms with Crippen LogP contribution in [0.25, 0.3) is 11.0 Å². The van der Waals surface area contributed by atoms with Gasteiger partial charge in [0.15, 0.2) is 0 Å². The molecule has 4 heteroatoms. The largest absolute Gasteiger partial charge is 0.379 e. The molecule has 1 fully saturated rings. The predicted octanol–water partition coefficient (Wildman–Crippen LogP) is 1.99. The van der Waals surface area contributed by atoms with E-state index in [0.717, 1.165) is 36.5 Å². The molecular weight excluding hydrogens is 238 g/mol. The molecule has 1 aromatic heterocycles. The minimum absolute atomic E-state index is 0.0114. The van der Waals surface area contributed by atoms with Crippen LogP contribution in [0.15, 0.2) is 18.2 Å². The zero-order valence-electron chi connectivity index (χ0n) is 11.6. The Morgan fingerprint density at radius 2 is 2.21 bits per heavy atom. The van der Waals surface area contributed by atoms with Crippen molar-refractivity contribution in [3.63, 3.8) is 0 Å². The number of imidazole rings is 1. The van der Waals surface area contributed by atoms with Crippen LogP contribution >= 0.6 is 0 Å². The molecule has 0 atom stereocenters. The fraction of sp³-hybridized carbons (Fsp3) is 0.533. The Balaban J connectivity index is 1.96. The van der Waals surface area contributed by atoms with Gasteiger partial charge in [-0.15, -0.1) is 0 Å². The van der Waals surface area contributed by atoms with Gasteiger partial charge in [0.2, 0.25) is 0 Å². The molecule has 0 unspecified atom stereocenters. The number of rotatable bonds is 4. The number of nitrogens with two attached hydrogens (primary N) is 1. The van der Waals surface area contributed by atoms with Crippen molar-refractivity contribution < 1.29 is 4.74 Å². The van der Waals surface area contributed by atoms with Gasteiger partial charge in [0, 0.05) is 13.0 Å². The molecule has 3 N–H and O–H groups in total. The summed E-state index contributed by atoms with van der Waals surface area (Å²) >= 11 is 0. The highest BCUT2D eigenvalue weighted by Gasteiger charge is 2.39. The molecule has 0 aliphatic carbocycles. The third-order valence-corrected chi connectivity index (χ3v) is 3.89. The normalized spacial score (nSPS) is 17.9. The Labute approximate surface area is 113 Å². The average Bonchev–Trinajstić information content (AvgIpc) is 2.68. The van der Waals surface area contributed by atoms with Gasteiger partial charge in [0.25, 0.3) is 0 Å². The molecular formula is C15H21N3O. The van der Waals surface area contributed by atoms with Gasteiger partial charge in [0.1, 0.15) is 5.82 Å². The minimum atomic E-state index is 0.0114. The van der Waals surface area contributed by atoms with Crippen molar-refractivity contribution in [2.75, 3.05) is 19.8 Å². The molecule has 1 aliphatic heterocycles. The number of ether oxygens (including phenoxy) is 1.